The molecular formula is C28H33N5O9. The van der Waals surface area contributed by atoms with Crippen LogP contribution >= 0.6 is 0 Å². The second-order valence-corrected chi connectivity index (χ2v) is 9.82. The second kappa shape index (κ2) is 14.1. The number of aromatic hydroxyl groups is 1. The first-order valence-corrected chi connectivity index (χ1v) is 13.0. The van der Waals surface area contributed by atoms with Crippen LogP contribution in [0.1, 0.15) is 24.5 Å². The normalized spacial score (nSPS) is 14.6. The number of hydrogen-bond donors (Lipinski definition) is 9. The van der Waals surface area contributed by atoms with Gasteiger partial charge in [-0.1, -0.05) is 30.3 Å². The molecule has 0 bridgehead atoms. The SMILES string of the molecule is CC(O)C(N)C(=O)NC(Cc1c[nH]c2ccccc12)C(=O)NC(Cc1ccc(O)cc1)C(=O)NC(CC(=O)O)C(=O)O. The number of carboxylic acids is 2. The molecule has 5 unspecified atom stereocenters. The fourth-order valence-corrected chi connectivity index (χ4v) is 4.21. The average molecular weight is 584 g/mol. The Hall–Kier alpha value is -4.95. The van der Waals surface area contributed by atoms with Crippen LogP contribution in [0.3, 0.4) is 0 Å². The van der Waals surface area contributed by atoms with Crippen molar-refractivity contribution in [2.24, 2.45) is 5.73 Å². The van der Waals surface area contributed by atoms with E-state index in [1.807, 2.05) is 18.2 Å². The fraction of sp³-hybridized carbons (Fsp3) is 0.321. The lowest BCUT2D eigenvalue weighted by molar-refractivity contribution is -0.147. The fourth-order valence-electron chi connectivity index (χ4n) is 4.21. The third-order valence-electron chi connectivity index (χ3n) is 6.56. The average Bonchev–Trinajstić information content (AvgIpc) is 3.34. The van der Waals surface area contributed by atoms with E-state index in [4.69, 9.17) is 10.8 Å². The number of phenolic OH excluding ortho intramolecular Hbond substituents is 1. The quantitative estimate of drug-likeness (QED) is 0.116. The number of fused-ring (bicyclic) bond motifs is 1. The molecule has 2 aromatic carbocycles. The van der Waals surface area contributed by atoms with E-state index in [0.717, 1.165) is 10.9 Å². The van der Waals surface area contributed by atoms with Crippen molar-refractivity contribution in [2.75, 3.05) is 0 Å². The number of aromatic amines is 1. The van der Waals surface area contributed by atoms with Crippen LogP contribution < -0.4 is 21.7 Å². The monoisotopic (exact) mass is 583 g/mol. The second-order valence-electron chi connectivity index (χ2n) is 9.82. The van der Waals surface area contributed by atoms with Crippen LogP contribution in [0, 0.1) is 0 Å². The minimum Gasteiger partial charge on any atom is -0.508 e. The molecule has 0 aliphatic heterocycles. The van der Waals surface area contributed by atoms with Gasteiger partial charge in [-0.05, 0) is 36.2 Å². The molecule has 42 heavy (non-hydrogen) atoms. The molecule has 14 heteroatoms. The van der Waals surface area contributed by atoms with Crippen LogP contribution in [0.4, 0.5) is 0 Å². The molecule has 224 valence electrons. The van der Waals surface area contributed by atoms with E-state index in [1.165, 1.54) is 31.2 Å². The van der Waals surface area contributed by atoms with E-state index in [2.05, 4.69) is 20.9 Å². The molecule has 3 aromatic rings. The van der Waals surface area contributed by atoms with Gasteiger partial charge in [0.15, 0.2) is 0 Å². The zero-order valence-electron chi connectivity index (χ0n) is 22.6. The van der Waals surface area contributed by atoms with Crippen molar-refractivity contribution in [3.05, 3.63) is 65.9 Å². The largest absolute Gasteiger partial charge is 0.508 e. The van der Waals surface area contributed by atoms with Crippen molar-refractivity contribution in [2.45, 2.75) is 56.5 Å². The van der Waals surface area contributed by atoms with Gasteiger partial charge in [-0.3, -0.25) is 19.2 Å². The van der Waals surface area contributed by atoms with Crippen molar-refractivity contribution >= 4 is 40.6 Å². The molecule has 0 saturated heterocycles. The van der Waals surface area contributed by atoms with Crippen molar-refractivity contribution in [3.63, 3.8) is 0 Å². The van der Waals surface area contributed by atoms with E-state index in [9.17, 15) is 39.3 Å². The summed E-state index contributed by atoms with van der Waals surface area (Å²) in [5, 5.41) is 45.8. The van der Waals surface area contributed by atoms with Gasteiger partial charge in [0.25, 0.3) is 0 Å². The molecule has 0 aliphatic carbocycles. The highest BCUT2D eigenvalue weighted by Crippen LogP contribution is 2.19. The summed E-state index contributed by atoms with van der Waals surface area (Å²) in [6, 6.07) is 7.10. The van der Waals surface area contributed by atoms with E-state index < -0.39 is 66.4 Å². The number of carbonyl (C=O) groups is 5. The Morgan fingerprint density at radius 1 is 0.833 bits per heavy atom. The Kier molecular flexibility index (Phi) is 10.6. The number of rotatable bonds is 14. The van der Waals surface area contributed by atoms with Gasteiger partial charge in [0.1, 0.15) is 29.9 Å². The van der Waals surface area contributed by atoms with E-state index >= 15 is 0 Å². The molecule has 3 rings (SSSR count). The Morgan fingerprint density at radius 2 is 1.40 bits per heavy atom. The molecular weight excluding hydrogens is 550 g/mol. The number of carbonyl (C=O) groups excluding carboxylic acids is 3. The summed E-state index contributed by atoms with van der Waals surface area (Å²) in [5.41, 5.74) is 7.68. The third-order valence-corrected chi connectivity index (χ3v) is 6.56. The number of para-hydroxylation sites is 1. The van der Waals surface area contributed by atoms with Gasteiger partial charge in [-0.2, -0.15) is 0 Å². The number of nitrogens with two attached hydrogens (primary N) is 1. The number of phenols is 1. The first-order chi connectivity index (χ1) is 19.8. The van der Waals surface area contributed by atoms with Gasteiger partial charge in [-0.25, -0.2) is 4.79 Å². The van der Waals surface area contributed by atoms with Gasteiger partial charge in [-0.15, -0.1) is 0 Å². The first-order valence-electron chi connectivity index (χ1n) is 13.0. The standard InChI is InChI=1S/C28H33N5O9/c1-14(34)24(29)27(40)32-21(11-16-13-30-19-5-3-2-4-18(16)19)26(39)31-20(10-15-6-8-17(35)9-7-15)25(38)33-22(28(41)42)12-23(36)37/h2-9,13-14,20-22,24,30,34-35H,10-12,29H2,1H3,(H,31,39)(H,32,40)(H,33,38)(H,36,37)(H,41,42). The number of amides is 3. The van der Waals surface area contributed by atoms with Crippen molar-refractivity contribution in [1.82, 2.24) is 20.9 Å². The van der Waals surface area contributed by atoms with E-state index in [-0.39, 0.29) is 18.6 Å². The molecule has 0 radical (unpaired) electrons. The summed E-state index contributed by atoms with van der Waals surface area (Å²) in [4.78, 5) is 65.3. The predicted molar refractivity (Wildman–Crippen MR) is 149 cm³/mol. The molecule has 3 amide bonds. The van der Waals surface area contributed by atoms with Crippen molar-refractivity contribution in [3.8, 4) is 5.75 Å². The summed E-state index contributed by atoms with van der Waals surface area (Å²) >= 11 is 0. The lowest BCUT2D eigenvalue weighted by Crippen LogP contribution is -2.59. The number of nitrogens with one attached hydrogen (secondary N) is 4. The highest BCUT2D eigenvalue weighted by atomic mass is 16.4. The summed E-state index contributed by atoms with van der Waals surface area (Å²) in [6.07, 6.45) is -0.680. The van der Waals surface area contributed by atoms with Gasteiger partial charge < -0.3 is 47.1 Å². The molecule has 14 nitrogen and oxygen atoms in total. The van der Waals surface area contributed by atoms with Crippen LogP contribution in [0.25, 0.3) is 10.9 Å². The zero-order valence-corrected chi connectivity index (χ0v) is 22.6. The topological polar surface area (TPSA) is 244 Å². The molecule has 0 aliphatic rings. The number of hydrogen-bond acceptors (Lipinski definition) is 8. The summed E-state index contributed by atoms with van der Waals surface area (Å²) in [5.74, 6) is -5.72. The molecule has 1 heterocycles. The summed E-state index contributed by atoms with van der Waals surface area (Å²) < 4.78 is 0. The number of aliphatic hydroxyl groups excluding tert-OH is 1. The minimum absolute atomic E-state index is 0.0432. The minimum atomic E-state index is -1.78. The zero-order chi connectivity index (χ0) is 31.0. The maximum atomic E-state index is 13.6. The summed E-state index contributed by atoms with van der Waals surface area (Å²) in [7, 11) is 0. The highest BCUT2D eigenvalue weighted by molar-refractivity contribution is 5.95. The van der Waals surface area contributed by atoms with E-state index in [0.29, 0.717) is 11.1 Å². The smallest absolute Gasteiger partial charge is 0.326 e. The van der Waals surface area contributed by atoms with Crippen LogP contribution in [-0.2, 0) is 36.8 Å². The van der Waals surface area contributed by atoms with Gasteiger partial charge in [0, 0.05) is 29.9 Å². The number of aromatic nitrogens is 1. The van der Waals surface area contributed by atoms with Crippen LogP contribution in [0.2, 0.25) is 0 Å². The lowest BCUT2D eigenvalue weighted by Gasteiger charge is -2.25. The van der Waals surface area contributed by atoms with E-state index in [1.54, 1.807) is 12.3 Å². The molecule has 1 aromatic heterocycles. The first kappa shape index (κ1) is 31.6. The predicted octanol–water partition coefficient (Wildman–Crippen LogP) is -0.619. The Balaban J connectivity index is 1.91. The number of benzene rings is 2. The van der Waals surface area contributed by atoms with Crippen molar-refractivity contribution in [1.29, 1.82) is 0 Å². The molecule has 10 N–H and O–H groups in total. The maximum Gasteiger partial charge on any atom is 0.326 e. The number of aliphatic hydroxyl groups is 1. The van der Waals surface area contributed by atoms with Crippen LogP contribution in [-0.4, -0.2) is 85.3 Å². The Bertz CT molecular complexity index is 1440. The Labute approximate surface area is 239 Å². The molecule has 5 atom stereocenters. The van der Waals surface area contributed by atoms with Crippen LogP contribution in [0.15, 0.2) is 54.7 Å². The summed E-state index contributed by atoms with van der Waals surface area (Å²) in [6.45, 7) is 1.31. The third kappa shape index (κ3) is 8.52. The van der Waals surface area contributed by atoms with Gasteiger partial charge in [0.2, 0.25) is 17.7 Å². The van der Waals surface area contributed by atoms with Gasteiger partial charge in [0.05, 0.1) is 12.5 Å². The lowest BCUT2D eigenvalue weighted by atomic mass is 10.0. The number of aliphatic carboxylic acids is 2. The van der Waals surface area contributed by atoms with Crippen LogP contribution in [0.5, 0.6) is 5.75 Å². The molecule has 0 spiro atoms. The number of H-pyrrole nitrogens is 1. The van der Waals surface area contributed by atoms with Crippen molar-refractivity contribution < 1.29 is 44.4 Å². The highest BCUT2D eigenvalue weighted by Gasteiger charge is 2.32. The number of carboxylic acid groups (broad SMARTS) is 2. The molecule has 0 fully saturated rings. The van der Waals surface area contributed by atoms with Gasteiger partial charge >= 0.3 is 11.9 Å². The Morgan fingerprint density at radius 3 is 2.00 bits per heavy atom. The molecule has 0 saturated carbocycles. The maximum absolute atomic E-state index is 13.6.